The van der Waals surface area contributed by atoms with Gasteiger partial charge in [0, 0.05) is 12.8 Å². The highest BCUT2D eigenvalue weighted by Crippen LogP contribution is 2.12. The second kappa shape index (κ2) is 5.97. The lowest BCUT2D eigenvalue weighted by Crippen LogP contribution is -2.47. The van der Waals surface area contributed by atoms with Crippen molar-refractivity contribution in [1.29, 1.82) is 0 Å². The zero-order valence-electron chi connectivity index (χ0n) is 10.2. The number of carbonyl (C=O) groups excluding carboxylic acids is 2. The predicted octanol–water partition coefficient (Wildman–Crippen LogP) is -2.00. The molecule has 4 N–H and O–H groups in total. The van der Waals surface area contributed by atoms with E-state index in [-0.39, 0.29) is 19.6 Å². The molecule has 0 unspecified atom stereocenters. The van der Waals surface area contributed by atoms with Gasteiger partial charge in [-0.15, -0.1) is 0 Å². The molecule has 0 heterocycles. The van der Waals surface area contributed by atoms with Crippen LogP contribution in [0.1, 0.15) is 13.8 Å². The van der Waals surface area contributed by atoms with Gasteiger partial charge in [0.15, 0.2) is 9.84 Å². The summed E-state index contributed by atoms with van der Waals surface area (Å²) in [5.41, 5.74) is 5.04. The van der Waals surface area contributed by atoms with Crippen molar-refractivity contribution in [2.75, 3.05) is 25.9 Å². The number of nitrogens with one attached hydrogen (secondary N) is 2. The van der Waals surface area contributed by atoms with Gasteiger partial charge >= 0.3 is 0 Å². The Balaban J connectivity index is 4.13. The Morgan fingerprint density at radius 1 is 1.18 bits per heavy atom. The lowest BCUT2D eigenvalue weighted by atomic mass is 10.2. The molecule has 8 heteroatoms. The Hall–Kier alpha value is -1.15. The fraction of sp³-hybridized carbons (Fsp3) is 0.778. The smallest absolute Gasteiger partial charge is 0.239 e. The average molecular weight is 265 g/mol. The van der Waals surface area contributed by atoms with Crippen LogP contribution in [0.15, 0.2) is 0 Å². The second-order valence-electron chi connectivity index (χ2n) is 4.29. The molecule has 0 aromatic heterocycles. The van der Waals surface area contributed by atoms with Gasteiger partial charge in [-0.3, -0.25) is 9.59 Å². The molecule has 100 valence electrons. The molecule has 0 aliphatic heterocycles. The van der Waals surface area contributed by atoms with Gasteiger partial charge in [0.25, 0.3) is 0 Å². The molecular formula is C9H19N3O4S. The summed E-state index contributed by atoms with van der Waals surface area (Å²) < 4.78 is 21.6. The van der Waals surface area contributed by atoms with Crippen molar-refractivity contribution in [3.8, 4) is 0 Å². The SMILES string of the molecule is CC(C)(CNC(=O)CNC(=O)CN)S(C)(=O)=O. The van der Waals surface area contributed by atoms with Crippen molar-refractivity contribution in [3.05, 3.63) is 0 Å². The van der Waals surface area contributed by atoms with Gasteiger partial charge in [0.05, 0.1) is 17.8 Å². The molecule has 0 spiro atoms. The number of sulfone groups is 1. The molecule has 17 heavy (non-hydrogen) atoms. The second-order valence-corrected chi connectivity index (χ2v) is 6.94. The fourth-order valence-electron chi connectivity index (χ4n) is 0.756. The summed E-state index contributed by atoms with van der Waals surface area (Å²) in [7, 11) is -3.26. The van der Waals surface area contributed by atoms with Crippen molar-refractivity contribution in [1.82, 2.24) is 10.6 Å². The van der Waals surface area contributed by atoms with Gasteiger partial charge in [-0.1, -0.05) is 0 Å². The maximum absolute atomic E-state index is 11.3. The number of rotatable bonds is 6. The van der Waals surface area contributed by atoms with E-state index >= 15 is 0 Å². The fourth-order valence-corrected chi connectivity index (χ4v) is 1.09. The molecule has 0 radical (unpaired) electrons. The van der Waals surface area contributed by atoms with Crippen molar-refractivity contribution in [2.24, 2.45) is 5.73 Å². The van der Waals surface area contributed by atoms with Crippen LogP contribution in [-0.2, 0) is 19.4 Å². The topological polar surface area (TPSA) is 118 Å². The third-order valence-corrected chi connectivity index (χ3v) is 4.50. The van der Waals surface area contributed by atoms with E-state index in [0.717, 1.165) is 6.26 Å². The van der Waals surface area contributed by atoms with E-state index < -0.39 is 26.4 Å². The van der Waals surface area contributed by atoms with E-state index in [1.54, 1.807) is 0 Å². The molecule has 0 saturated heterocycles. The summed E-state index contributed by atoms with van der Waals surface area (Å²) in [6.07, 6.45) is 1.11. The lowest BCUT2D eigenvalue weighted by molar-refractivity contribution is -0.125. The van der Waals surface area contributed by atoms with E-state index in [1.165, 1.54) is 13.8 Å². The molecule has 0 saturated carbocycles. The van der Waals surface area contributed by atoms with Crippen molar-refractivity contribution in [2.45, 2.75) is 18.6 Å². The van der Waals surface area contributed by atoms with E-state index in [1.807, 2.05) is 0 Å². The summed E-state index contributed by atoms with van der Waals surface area (Å²) in [6, 6.07) is 0. The van der Waals surface area contributed by atoms with Gasteiger partial charge in [0.1, 0.15) is 0 Å². The maximum atomic E-state index is 11.3. The number of nitrogens with two attached hydrogens (primary N) is 1. The van der Waals surface area contributed by atoms with E-state index in [2.05, 4.69) is 10.6 Å². The summed E-state index contributed by atoms with van der Waals surface area (Å²) in [5.74, 6) is -0.897. The van der Waals surface area contributed by atoms with Gasteiger partial charge in [0.2, 0.25) is 11.8 Å². The van der Waals surface area contributed by atoms with Crippen LogP contribution in [-0.4, -0.2) is 50.9 Å². The molecule has 0 aromatic carbocycles. The van der Waals surface area contributed by atoms with Gasteiger partial charge < -0.3 is 16.4 Å². The van der Waals surface area contributed by atoms with Crippen LogP contribution in [0.25, 0.3) is 0 Å². The van der Waals surface area contributed by atoms with Crippen LogP contribution in [0.2, 0.25) is 0 Å². The van der Waals surface area contributed by atoms with Crippen LogP contribution < -0.4 is 16.4 Å². The molecule has 0 aliphatic rings. The highest BCUT2D eigenvalue weighted by Gasteiger charge is 2.30. The van der Waals surface area contributed by atoms with Crippen molar-refractivity contribution < 1.29 is 18.0 Å². The van der Waals surface area contributed by atoms with Crippen LogP contribution in [0, 0.1) is 0 Å². The van der Waals surface area contributed by atoms with E-state index in [9.17, 15) is 18.0 Å². The van der Waals surface area contributed by atoms with Gasteiger partial charge in [-0.25, -0.2) is 8.42 Å². The number of hydrogen-bond donors (Lipinski definition) is 3. The first-order chi connectivity index (χ1) is 7.60. The molecule has 7 nitrogen and oxygen atoms in total. The summed E-state index contributed by atoms with van der Waals surface area (Å²) >= 11 is 0. The molecule has 0 atom stereocenters. The first-order valence-corrected chi connectivity index (χ1v) is 6.92. The van der Waals surface area contributed by atoms with Crippen molar-refractivity contribution >= 4 is 21.7 Å². The van der Waals surface area contributed by atoms with Crippen LogP contribution in [0.5, 0.6) is 0 Å². The number of amides is 2. The zero-order chi connectivity index (χ0) is 13.7. The minimum absolute atomic E-state index is 0.0108. The molecule has 0 aliphatic carbocycles. The minimum Gasteiger partial charge on any atom is -0.353 e. The lowest BCUT2D eigenvalue weighted by Gasteiger charge is -2.22. The van der Waals surface area contributed by atoms with Crippen LogP contribution >= 0.6 is 0 Å². The van der Waals surface area contributed by atoms with E-state index in [0.29, 0.717) is 0 Å². The third-order valence-electron chi connectivity index (χ3n) is 2.35. The zero-order valence-corrected chi connectivity index (χ0v) is 11.1. The summed E-state index contributed by atoms with van der Waals surface area (Å²) in [6.45, 7) is 2.61. The van der Waals surface area contributed by atoms with Gasteiger partial charge in [-0.2, -0.15) is 0 Å². The number of hydrogen-bond acceptors (Lipinski definition) is 5. The van der Waals surface area contributed by atoms with Crippen LogP contribution in [0.4, 0.5) is 0 Å². The minimum atomic E-state index is -3.26. The molecular weight excluding hydrogens is 246 g/mol. The quantitative estimate of drug-likeness (QED) is 0.513. The largest absolute Gasteiger partial charge is 0.353 e. The van der Waals surface area contributed by atoms with Crippen molar-refractivity contribution in [3.63, 3.8) is 0 Å². The average Bonchev–Trinajstić information content (AvgIpc) is 2.21. The first-order valence-electron chi connectivity index (χ1n) is 5.03. The highest BCUT2D eigenvalue weighted by atomic mass is 32.2. The summed E-state index contributed by atoms with van der Waals surface area (Å²) in [5, 5.41) is 4.72. The molecule has 0 rings (SSSR count). The Bertz CT molecular complexity index is 389. The Morgan fingerprint density at radius 3 is 2.12 bits per heavy atom. The third kappa shape index (κ3) is 5.64. The summed E-state index contributed by atoms with van der Waals surface area (Å²) in [4.78, 5) is 22.0. The monoisotopic (exact) mass is 265 g/mol. The number of carbonyl (C=O) groups is 2. The Kier molecular flexibility index (Phi) is 5.56. The van der Waals surface area contributed by atoms with Crippen LogP contribution in [0.3, 0.4) is 0 Å². The normalized spacial score (nSPS) is 12.0. The molecule has 0 fully saturated rings. The van der Waals surface area contributed by atoms with Gasteiger partial charge in [-0.05, 0) is 13.8 Å². The standard InChI is InChI=1S/C9H19N3O4S/c1-9(2,17(3,15)16)6-12-8(14)5-11-7(13)4-10/h4-6,10H2,1-3H3,(H,11,13)(H,12,14). The predicted molar refractivity (Wildman–Crippen MR) is 64.0 cm³/mol. The van der Waals surface area contributed by atoms with E-state index in [4.69, 9.17) is 5.73 Å². The maximum Gasteiger partial charge on any atom is 0.239 e. The highest BCUT2D eigenvalue weighted by molar-refractivity contribution is 7.92. The molecule has 0 aromatic rings. The molecule has 2 amide bonds. The molecule has 0 bridgehead atoms. The Labute approximate surface area is 101 Å². The Morgan fingerprint density at radius 2 is 1.71 bits per heavy atom. The first kappa shape index (κ1) is 15.9.